The Morgan fingerprint density at radius 2 is 1.71 bits per heavy atom. The number of hydrogen-bond donors (Lipinski definition) is 2. The maximum atomic E-state index is 5.80. The van der Waals surface area contributed by atoms with E-state index in [1.54, 1.807) is 0 Å². The van der Waals surface area contributed by atoms with Gasteiger partial charge >= 0.3 is 0 Å². The Kier molecular flexibility index (Phi) is 3.69. The maximum absolute atomic E-state index is 5.80. The standard InChI is InChI=1S/C14H26N2O/c15-16-13(9-10-5-7-17-8-6-10)14-11-3-1-2-4-12(11)14/h10-14,16H,1-9,15H2. The van der Waals surface area contributed by atoms with Gasteiger partial charge in [-0.15, -0.1) is 0 Å². The first-order chi connectivity index (χ1) is 8.40. The van der Waals surface area contributed by atoms with Crippen molar-refractivity contribution < 1.29 is 4.74 Å². The highest BCUT2D eigenvalue weighted by molar-refractivity contribution is 5.04. The molecule has 0 aromatic carbocycles. The van der Waals surface area contributed by atoms with E-state index >= 15 is 0 Å². The number of hydrazine groups is 1. The molecule has 3 atom stereocenters. The van der Waals surface area contributed by atoms with Crippen LogP contribution in [0.4, 0.5) is 0 Å². The van der Waals surface area contributed by atoms with Gasteiger partial charge in [-0.1, -0.05) is 12.8 Å². The fourth-order valence-electron chi connectivity index (χ4n) is 4.32. The number of rotatable bonds is 4. The van der Waals surface area contributed by atoms with Gasteiger partial charge in [-0.05, 0) is 55.8 Å². The second kappa shape index (κ2) is 5.25. The van der Waals surface area contributed by atoms with Gasteiger partial charge in [0.1, 0.15) is 0 Å². The van der Waals surface area contributed by atoms with E-state index in [2.05, 4.69) is 5.43 Å². The van der Waals surface area contributed by atoms with Gasteiger partial charge in [0, 0.05) is 19.3 Å². The first-order valence-corrected chi connectivity index (χ1v) is 7.44. The lowest BCUT2D eigenvalue weighted by Crippen LogP contribution is -2.40. The summed E-state index contributed by atoms with van der Waals surface area (Å²) >= 11 is 0. The van der Waals surface area contributed by atoms with Crippen molar-refractivity contribution in [2.75, 3.05) is 13.2 Å². The third-order valence-electron chi connectivity index (χ3n) is 5.33. The van der Waals surface area contributed by atoms with E-state index < -0.39 is 0 Å². The summed E-state index contributed by atoms with van der Waals surface area (Å²) in [4.78, 5) is 0. The van der Waals surface area contributed by atoms with Crippen LogP contribution in [-0.2, 0) is 4.74 Å². The molecule has 2 saturated carbocycles. The summed E-state index contributed by atoms with van der Waals surface area (Å²) in [6.45, 7) is 1.92. The third-order valence-corrected chi connectivity index (χ3v) is 5.33. The van der Waals surface area contributed by atoms with Crippen molar-refractivity contribution in [2.24, 2.45) is 29.5 Å². The minimum atomic E-state index is 0.575. The van der Waals surface area contributed by atoms with Gasteiger partial charge in [0.15, 0.2) is 0 Å². The van der Waals surface area contributed by atoms with Gasteiger partial charge in [-0.25, -0.2) is 0 Å². The van der Waals surface area contributed by atoms with Crippen LogP contribution in [0, 0.1) is 23.7 Å². The largest absolute Gasteiger partial charge is 0.381 e. The zero-order valence-corrected chi connectivity index (χ0v) is 10.7. The monoisotopic (exact) mass is 238 g/mol. The van der Waals surface area contributed by atoms with Crippen molar-refractivity contribution in [3.63, 3.8) is 0 Å². The molecule has 2 aliphatic carbocycles. The van der Waals surface area contributed by atoms with Gasteiger partial charge in [-0.3, -0.25) is 11.3 Å². The number of ether oxygens (including phenoxy) is 1. The van der Waals surface area contributed by atoms with Crippen molar-refractivity contribution in [3.05, 3.63) is 0 Å². The van der Waals surface area contributed by atoms with Gasteiger partial charge in [0.25, 0.3) is 0 Å². The summed E-state index contributed by atoms with van der Waals surface area (Å²) in [5.41, 5.74) is 3.13. The van der Waals surface area contributed by atoms with Crippen molar-refractivity contribution in [2.45, 2.75) is 51.0 Å². The molecular weight excluding hydrogens is 212 g/mol. The fourth-order valence-corrected chi connectivity index (χ4v) is 4.32. The number of hydrogen-bond acceptors (Lipinski definition) is 3. The molecular formula is C14H26N2O. The van der Waals surface area contributed by atoms with Crippen molar-refractivity contribution in [1.82, 2.24) is 5.43 Å². The van der Waals surface area contributed by atoms with Crippen molar-refractivity contribution >= 4 is 0 Å². The average molecular weight is 238 g/mol. The molecule has 3 heteroatoms. The predicted molar refractivity (Wildman–Crippen MR) is 68.2 cm³/mol. The molecule has 3 rings (SSSR count). The van der Waals surface area contributed by atoms with Crippen LogP contribution in [0.3, 0.4) is 0 Å². The van der Waals surface area contributed by atoms with E-state index in [9.17, 15) is 0 Å². The van der Waals surface area contributed by atoms with E-state index in [-0.39, 0.29) is 0 Å². The van der Waals surface area contributed by atoms with Gasteiger partial charge in [0.2, 0.25) is 0 Å². The third kappa shape index (κ3) is 2.51. The van der Waals surface area contributed by atoms with Gasteiger partial charge in [0.05, 0.1) is 0 Å². The molecule has 1 aliphatic heterocycles. The molecule has 98 valence electrons. The second-order valence-electron chi connectivity index (χ2n) is 6.25. The molecule has 3 N–H and O–H groups in total. The molecule has 1 saturated heterocycles. The molecule has 1 heterocycles. The lowest BCUT2D eigenvalue weighted by molar-refractivity contribution is 0.0592. The summed E-state index contributed by atoms with van der Waals surface area (Å²) < 4.78 is 5.43. The number of nitrogens with two attached hydrogens (primary N) is 1. The topological polar surface area (TPSA) is 47.3 Å². The first-order valence-electron chi connectivity index (χ1n) is 7.44. The van der Waals surface area contributed by atoms with Crippen LogP contribution >= 0.6 is 0 Å². The lowest BCUT2D eigenvalue weighted by Gasteiger charge is -2.26. The molecule has 0 spiro atoms. The summed E-state index contributed by atoms with van der Waals surface area (Å²) in [6.07, 6.45) is 9.57. The molecule has 17 heavy (non-hydrogen) atoms. The van der Waals surface area contributed by atoms with Crippen LogP contribution in [0.5, 0.6) is 0 Å². The molecule has 3 unspecified atom stereocenters. The van der Waals surface area contributed by atoms with E-state index in [1.807, 2.05) is 0 Å². The first kappa shape index (κ1) is 11.9. The summed E-state index contributed by atoms with van der Waals surface area (Å²) in [6, 6.07) is 0.575. The summed E-state index contributed by atoms with van der Waals surface area (Å²) in [5, 5.41) is 0. The highest BCUT2D eigenvalue weighted by Gasteiger charge is 2.53. The van der Waals surface area contributed by atoms with Crippen LogP contribution in [0.25, 0.3) is 0 Å². The summed E-state index contributed by atoms with van der Waals surface area (Å²) in [5.74, 6) is 9.55. The maximum Gasteiger partial charge on any atom is 0.0468 e. The van der Waals surface area contributed by atoms with Crippen LogP contribution in [0.2, 0.25) is 0 Å². The molecule has 0 radical (unpaired) electrons. The quantitative estimate of drug-likeness (QED) is 0.582. The van der Waals surface area contributed by atoms with E-state index in [0.717, 1.165) is 36.9 Å². The molecule has 0 amide bonds. The molecule has 0 bridgehead atoms. The second-order valence-corrected chi connectivity index (χ2v) is 6.25. The minimum absolute atomic E-state index is 0.575. The Morgan fingerprint density at radius 3 is 2.29 bits per heavy atom. The lowest BCUT2D eigenvalue weighted by atomic mass is 9.90. The molecule has 0 aromatic rings. The van der Waals surface area contributed by atoms with Crippen LogP contribution in [-0.4, -0.2) is 19.3 Å². The SMILES string of the molecule is NNC(CC1CCOCC1)C1C2CCCCC21. The smallest absolute Gasteiger partial charge is 0.0468 e. The summed E-state index contributed by atoms with van der Waals surface area (Å²) in [7, 11) is 0. The Morgan fingerprint density at radius 1 is 1.06 bits per heavy atom. The van der Waals surface area contributed by atoms with Crippen LogP contribution < -0.4 is 11.3 Å². The van der Waals surface area contributed by atoms with Crippen molar-refractivity contribution in [1.29, 1.82) is 0 Å². The molecule has 3 aliphatic rings. The van der Waals surface area contributed by atoms with Gasteiger partial charge < -0.3 is 4.74 Å². The van der Waals surface area contributed by atoms with E-state index in [1.165, 1.54) is 44.9 Å². The zero-order chi connectivity index (χ0) is 11.7. The van der Waals surface area contributed by atoms with E-state index in [0.29, 0.717) is 6.04 Å². The average Bonchev–Trinajstić information content (AvgIpc) is 3.11. The van der Waals surface area contributed by atoms with Crippen LogP contribution in [0.1, 0.15) is 44.9 Å². The van der Waals surface area contributed by atoms with E-state index in [4.69, 9.17) is 10.6 Å². The van der Waals surface area contributed by atoms with Gasteiger partial charge in [-0.2, -0.15) is 0 Å². The highest BCUT2D eigenvalue weighted by atomic mass is 16.5. The Labute approximate surface area is 104 Å². The molecule has 0 aromatic heterocycles. The Bertz CT molecular complexity index is 241. The highest BCUT2D eigenvalue weighted by Crippen LogP contribution is 2.57. The van der Waals surface area contributed by atoms with Crippen molar-refractivity contribution in [3.8, 4) is 0 Å². The Balaban J connectivity index is 1.52. The number of fused-ring (bicyclic) bond motifs is 1. The zero-order valence-electron chi connectivity index (χ0n) is 10.7. The number of nitrogens with one attached hydrogen (secondary N) is 1. The van der Waals surface area contributed by atoms with Crippen LogP contribution in [0.15, 0.2) is 0 Å². The fraction of sp³-hybridized carbons (Fsp3) is 1.00. The molecule has 3 fully saturated rings. The minimum Gasteiger partial charge on any atom is -0.381 e. The normalized spacial score (nSPS) is 39.7. The Hall–Kier alpha value is -0.120. The predicted octanol–water partition coefficient (Wildman–Crippen LogP) is 2.07. The molecule has 3 nitrogen and oxygen atoms in total.